The number of hydrogen-bond acceptors (Lipinski definition) is 2. The third kappa shape index (κ3) is 1.85. The quantitative estimate of drug-likeness (QED) is 0.738. The van der Waals surface area contributed by atoms with E-state index in [0.29, 0.717) is 0 Å². The molecule has 0 saturated heterocycles. The summed E-state index contributed by atoms with van der Waals surface area (Å²) in [5.74, 6) is 0. The number of benzene rings is 1. The fourth-order valence-electron chi connectivity index (χ4n) is 0.768. The smallest absolute Gasteiger partial charge is 0.236 e. The maximum Gasteiger partial charge on any atom is 0.236 e. The van der Waals surface area contributed by atoms with Crippen LogP contribution in [0.25, 0.3) is 0 Å². The first-order valence-electron chi connectivity index (χ1n) is 3.05. The Labute approximate surface area is 89.4 Å². The summed E-state index contributed by atoms with van der Waals surface area (Å²) < 4.78 is 0. The maximum atomic E-state index is 10.4. The summed E-state index contributed by atoms with van der Waals surface area (Å²) in [6, 6.07) is 1.24. The minimum absolute atomic E-state index is 0.00517. The van der Waals surface area contributed by atoms with Crippen molar-refractivity contribution in [1.82, 2.24) is 0 Å². The number of rotatable bonds is 2. The van der Waals surface area contributed by atoms with Gasteiger partial charge in [0.05, 0.1) is 20.6 Å². The molecule has 0 amide bonds. The van der Waals surface area contributed by atoms with Crippen molar-refractivity contribution in [1.29, 1.82) is 0 Å². The van der Waals surface area contributed by atoms with E-state index >= 15 is 0 Å². The fourth-order valence-corrected chi connectivity index (χ4v) is 1.43. The Bertz CT molecular complexity index is 374. The van der Waals surface area contributed by atoms with Crippen molar-refractivity contribution in [2.24, 2.45) is 0 Å². The molecular weight excluding hydrogens is 234 g/mol. The molecule has 2 radical (unpaired) electrons. The summed E-state index contributed by atoms with van der Waals surface area (Å²) in [5, 5.41) is -0.0252. The van der Waals surface area contributed by atoms with Crippen molar-refractivity contribution in [2.75, 3.05) is 0 Å². The fraction of sp³-hybridized carbons (Fsp3) is 0. The number of hydrogen-bond donors (Lipinski definition) is 0. The van der Waals surface area contributed by atoms with E-state index in [2.05, 4.69) is 0 Å². The molecule has 0 spiro atoms. The molecule has 0 heterocycles. The van der Waals surface area contributed by atoms with E-state index in [1.165, 1.54) is 18.6 Å². The lowest BCUT2D eigenvalue weighted by atomic mass is 10.1. The van der Waals surface area contributed by atoms with Gasteiger partial charge in [0.15, 0.2) is 0 Å². The van der Waals surface area contributed by atoms with Gasteiger partial charge < -0.3 is 0 Å². The zero-order valence-corrected chi connectivity index (χ0v) is 8.30. The highest BCUT2D eigenvalue weighted by atomic mass is 35.5. The van der Waals surface area contributed by atoms with Crippen molar-refractivity contribution in [3.05, 3.63) is 32.3 Å². The maximum absolute atomic E-state index is 10.4. The molecule has 0 N–H and O–H groups in total. The molecular formula is C8HCl3O2. The molecule has 2 nitrogen and oxygen atoms in total. The minimum Gasteiger partial charge on any atom is -0.285 e. The molecule has 0 atom stereocenters. The summed E-state index contributed by atoms with van der Waals surface area (Å²) in [7, 11) is 0. The molecule has 0 unspecified atom stereocenters. The van der Waals surface area contributed by atoms with Gasteiger partial charge in [-0.2, -0.15) is 0 Å². The lowest BCUT2D eigenvalue weighted by Gasteiger charge is -2.02. The highest BCUT2D eigenvalue weighted by Crippen LogP contribution is 2.32. The topological polar surface area (TPSA) is 34.1 Å². The van der Waals surface area contributed by atoms with E-state index in [1.807, 2.05) is 0 Å². The van der Waals surface area contributed by atoms with Crippen LogP contribution in [0.4, 0.5) is 0 Å². The molecule has 0 aliphatic rings. The van der Waals surface area contributed by atoms with E-state index in [0.717, 1.165) is 0 Å². The average Bonchev–Trinajstić information content (AvgIpc) is 2.12. The molecule has 0 saturated carbocycles. The van der Waals surface area contributed by atoms with Gasteiger partial charge in [0.2, 0.25) is 12.6 Å². The molecule has 0 aliphatic heterocycles. The Morgan fingerprint density at radius 2 is 1.62 bits per heavy atom. The van der Waals surface area contributed by atoms with E-state index in [4.69, 9.17) is 34.8 Å². The lowest BCUT2D eigenvalue weighted by Crippen LogP contribution is -1.92. The highest BCUT2D eigenvalue weighted by molar-refractivity contribution is 6.46. The number of halogens is 3. The van der Waals surface area contributed by atoms with Crippen LogP contribution in [-0.4, -0.2) is 12.6 Å². The molecule has 0 aliphatic carbocycles. The number of carbonyl (C=O) groups excluding carboxylic acids is 2. The van der Waals surface area contributed by atoms with E-state index in [1.54, 1.807) is 0 Å². The van der Waals surface area contributed by atoms with Crippen LogP contribution in [-0.2, 0) is 9.59 Å². The second kappa shape index (κ2) is 4.09. The summed E-state index contributed by atoms with van der Waals surface area (Å²) in [6.07, 6.45) is 3.04. The second-order valence-electron chi connectivity index (χ2n) is 2.11. The second-order valence-corrected chi connectivity index (χ2v) is 3.28. The van der Waals surface area contributed by atoms with Crippen LogP contribution in [0.15, 0.2) is 6.07 Å². The van der Waals surface area contributed by atoms with Crippen molar-refractivity contribution in [2.45, 2.75) is 0 Å². The zero-order valence-electron chi connectivity index (χ0n) is 6.03. The van der Waals surface area contributed by atoms with Gasteiger partial charge in [-0.3, -0.25) is 9.59 Å². The minimum atomic E-state index is -0.116. The van der Waals surface area contributed by atoms with Crippen LogP contribution in [0.1, 0.15) is 11.1 Å². The third-order valence-corrected chi connectivity index (χ3v) is 2.55. The summed E-state index contributed by atoms with van der Waals surface area (Å²) >= 11 is 16.8. The van der Waals surface area contributed by atoms with E-state index in [9.17, 15) is 9.59 Å². The zero-order chi connectivity index (χ0) is 10.0. The van der Waals surface area contributed by atoms with Crippen molar-refractivity contribution >= 4 is 47.4 Å². The molecule has 0 aromatic heterocycles. The SMILES string of the molecule is O=[C]c1cc(Cl)c(Cl)c([C]=O)c1Cl. The van der Waals surface area contributed by atoms with Gasteiger partial charge in [0.25, 0.3) is 0 Å². The van der Waals surface area contributed by atoms with E-state index < -0.39 is 0 Å². The Morgan fingerprint density at radius 3 is 2.08 bits per heavy atom. The Kier molecular flexibility index (Phi) is 3.31. The largest absolute Gasteiger partial charge is 0.285 e. The molecule has 1 aromatic rings. The molecule has 0 fully saturated rings. The predicted octanol–water partition coefficient (Wildman–Crippen LogP) is 2.56. The predicted molar refractivity (Wildman–Crippen MR) is 51.1 cm³/mol. The van der Waals surface area contributed by atoms with Crippen LogP contribution >= 0.6 is 34.8 Å². The van der Waals surface area contributed by atoms with E-state index in [-0.39, 0.29) is 26.2 Å². The first-order chi connectivity index (χ1) is 6.11. The summed E-state index contributed by atoms with van der Waals surface area (Å²) in [6.45, 7) is 0. The van der Waals surface area contributed by atoms with Crippen LogP contribution in [0.3, 0.4) is 0 Å². The molecule has 5 heteroatoms. The van der Waals surface area contributed by atoms with Gasteiger partial charge in [0.1, 0.15) is 0 Å². The average molecular weight is 235 g/mol. The van der Waals surface area contributed by atoms with Gasteiger partial charge in [-0.15, -0.1) is 0 Å². The monoisotopic (exact) mass is 234 g/mol. The van der Waals surface area contributed by atoms with Crippen LogP contribution < -0.4 is 0 Å². The molecule has 1 aromatic carbocycles. The highest BCUT2D eigenvalue weighted by Gasteiger charge is 2.14. The molecule has 1 rings (SSSR count). The van der Waals surface area contributed by atoms with Gasteiger partial charge >= 0.3 is 0 Å². The van der Waals surface area contributed by atoms with Crippen LogP contribution in [0, 0.1) is 0 Å². The molecule has 0 bridgehead atoms. The Balaban J connectivity index is 3.56. The van der Waals surface area contributed by atoms with Crippen molar-refractivity contribution < 1.29 is 9.59 Å². The van der Waals surface area contributed by atoms with Gasteiger partial charge in [-0.05, 0) is 6.07 Å². The Morgan fingerprint density at radius 1 is 1.00 bits per heavy atom. The van der Waals surface area contributed by atoms with Crippen molar-refractivity contribution in [3.8, 4) is 0 Å². The third-order valence-electron chi connectivity index (χ3n) is 1.37. The summed E-state index contributed by atoms with van der Waals surface area (Å²) in [5.41, 5.74) is -0.122. The standard InChI is InChI=1S/C8HCl3O2/c9-6-1-4(2-12)7(10)5(3-13)8(6)11/h1H. The molecule has 66 valence electrons. The van der Waals surface area contributed by atoms with Crippen LogP contribution in [0.5, 0.6) is 0 Å². The van der Waals surface area contributed by atoms with Crippen LogP contribution in [0.2, 0.25) is 15.1 Å². The Hall–Kier alpha value is -0.570. The van der Waals surface area contributed by atoms with Crippen molar-refractivity contribution in [3.63, 3.8) is 0 Å². The lowest BCUT2D eigenvalue weighted by molar-refractivity contribution is 0.562. The van der Waals surface area contributed by atoms with Gasteiger partial charge in [0, 0.05) is 5.56 Å². The van der Waals surface area contributed by atoms with Gasteiger partial charge in [-0.25, -0.2) is 0 Å². The molecule has 13 heavy (non-hydrogen) atoms. The van der Waals surface area contributed by atoms with Gasteiger partial charge in [-0.1, -0.05) is 34.8 Å². The first-order valence-corrected chi connectivity index (χ1v) is 4.19. The first kappa shape index (κ1) is 10.5. The normalized spacial score (nSPS) is 9.77. The summed E-state index contributed by atoms with van der Waals surface area (Å²) in [4.78, 5) is 20.7.